The molecule has 3 nitrogen and oxygen atoms in total. The fourth-order valence-electron chi connectivity index (χ4n) is 3.09. The Balaban J connectivity index is 2.25. The van der Waals surface area contributed by atoms with Gasteiger partial charge in [-0.05, 0) is 39.1 Å². The second kappa shape index (κ2) is 7.08. The monoisotopic (exact) mass is 329 g/mol. The molecule has 21 heavy (non-hydrogen) atoms. The van der Waals surface area contributed by atoms with Crippen molar-refractivity contribution in [3.05, 3.63) is 22.2 Å². The second-order valence-corrected chi connectivity index (χ2v) is 6.21. The highest BCUT2D eigenvalue weighted by atomic mass is 35.5. The van der Waals surface area contributed by atoms with E-state index in [0.717, 1.165) is 32.7 Å². The van der Waals surface area contributed by atoms with Gasteiger partial charge in [0.15, 0.2) is 0 Å². The molecule has 1 aliphatic heterocycles. The topological polar surface area (TPSA) is 9.72 Å². The van der Waals surface area contributed by atoms with Crippen molar-refractivity contribution in [2.75, 3.05) is 42.5 Å². The molecule has 0 aromatic heterocycles. The molecule has 0 saturated carbocycles. The third kappa shape index (κ3) is 3.25. The number of fused-ring (bicyclic) bond motifs is 1. The van der Waals surface area contributed by atoms with Crippen LogP contribution < -0.4 is 9.80 Å². The van der Waals surface area contributed by atoms with E-state index in [1.165, 1.54) is 11.4 Å². The second-order valence-electron chi connectivity index (χ2n) is 5.39. The molecule has 1 unspecified atom stereocenters. The third-order valence-electron chi connectivity index (χ3n) is 4.43. The maximum atomic E-state index is 6.23. The molecule has 1 aromatic carbocycles. The van der Waals surface area contributed by atoms with Gasteiger partial charge in [-0.1, -0.05) is 37.0 Å². The van der Waals surface area contributed by atoms with E-state index in [9.17, 15) is 0 Å². The Morgan fingerprint density at radius 2 is 1.52 bits per heavy atom. The van der Waals surface area contributed by atoms with Gasteiger partial charge in [-0.3, -0.25) is 0 Å². The van der Waals surface area contributed by atoms with Crippen LogP contribution in [0.15, 0.2) is 12.1 Å². The number of anilines is 2. The first kappa shape index (κ1) is 16.7. The molecule has 1 atom stereocenters. The van der Waals surface area contributed by atoms with E-state index in [2.05, 4.69) is 42.4 Å². The number of hydrogen-bond acceptors (Lipinski definition) is 3. The summed E-state index contributed by atoms with van der Waals surface area (Å²) in [4.78, 5) is 7.25. The van der Waals surface area contributed by atoms with E-state index < -0.39 is 0 Å². The van der Waals surface area contributed by atoms with E-state index in [0.29, 0.717) is 16.2 Å². The summed E-state index contributed by atoms with van der Waals surface area (Å²) in [7, 11) is 0. The van der Waals surface area contributed by atoms with Crippen LogP contribution in [0.1, 0.15) is 27.7 Å². The van der Waals surface area contributed by atoms with E-state index >= 15 is 0 Å². The van der Waals surface area contributed by atoms with Gasteiger partial charge in [-0.25, -0.2) is 0 Å². The first-order valence-corrected chi connectivity index (χ1v) is 8.53. The quantitative estimate of drug-likeness (QED) is 0.769. The van der Waals surface area contributed by atoms with Crippen LogP contribution in [0, 0.1) is 0 Å². The van der Waals surface area contributed by atoms with Crippen molar-refractivity contribution in [2.45, 2.75) is 33.9 Å². The molecule has 0 amide bonds. The average Bonchev–Trinajstić information content (AvgIpc) is 2.72. The number of benzene rings is 1. The predicted octanol–water partition coefficient (Wildman–Crippen LogP) is 4.33. The summed E-state index contributed by atoms with van der Waals surface area (Å²) in [6.07, 6.45) is 0.343. The highest BCUT2D eigenvalue weighted by Gasteiger charge is 2.32. The zero-order valence-electron chi connectivity index (χ0n) is 13.4. The Morgan fingerprint density at radius 3 is 2.00 bits per heavy atom. The predicted molar refractivity (Wildman–Crippen MR) is 94.1 cm³/mol. The van der Waals surface area contributed by atoms with Crippen LogP contribution in [0.5, 0.6) is 0 Å². The van der Waals surface area contributed by atoms with Gasteiger partial charge in [-0.15, -0.1) is 0 Å². The smallest absolute Gasteiger partial charge is 0.0988 e. The zero-order valence-corrected chi connectivity index (χ0v) is 14.9. The highest BCUT2D eigenvalue weighted by molar-refractivity contribution is 6.42. The standard InChI is InChI=1S/C16H25Cl2N3/c1-5-19(6-2)8-9-21-12(4)20(7-3)15-10-13(17)14(18)11-16(15)21/h10-12H,5-9H2,1-4H3. The molecular formula is C16H25Cl2N3. The summed E-state index contributed by atoms with van der Waals surface area (Å²) in [5.74, 6) is 0. The maximum absolute atomic E-state index is 6.23. The fourth-order valence-corrected chi connectivity index (χ4v) is 3.40. The summed E-state index contributed by atoms with van der Waals surface area (Å²) in [5, 5.41) is 1.26. The Kier molecular flexibility index (Phi) is 5.64. The molecule has 0 saturated heterocycles. The molecule has 0 bridgehead atoms. The number of rotatable bonds is 6. The Bertz CT molecular complexity index is 489. The number of halogens is 2. The van der Waals surface area contributed by atoms with Crippen molar-refractivity contribution in [3.63, 3.8) is 0 Å². The average molecular weight is 330 g/mol. The van der Waals surface area contributed by atoms with Crippen LogP contribution in [0.3, 0.4) is 0 Å². The Labute approximate surface area is 138 Å². The maximum Gasteiger partial charge on any atom is 0.0988 e. The minimum atomic E-state index is 0.343. The van der Waals surface area contributed by atoms with E-state index in [1.54, 1.807) is 0 Å². The van der Waals surface area contributed by atoms with Crippen molar-refractivity contribution in [3.8, 4) is 0 Å². The molecule has 118 valence electrons. The van der Waals surface area contributed by atoms with E-state index in [1.807, 2.05) is 12.1 Å². The molecular weight excluding hydrogens is 305 g/mol. The van der Waals surface area contributed by atoms with Crippen molar-refractivity contribution in [1.29, 1.82) is 0 Å². The number of hydrogen-bond donors (Lipinski definition) is 0. The van der Waals surface area contributed by atoms with Gasteiger partial charge in [0, 0.05) is 19.6 Å². The van der Waals surface area contributed by atoms with Gasteiger partial charge < -0.3 is 14.7 Å². The summed E-state index contributed by atoms with van der Waals surface area (Å²) in [5.41, 5.74) is 2.39. The lowest BCUT2D eigenvalue weighted by Crippen LogP contribution is -2.44. The zero-order chi connectivity index (χ0) is 15.6. The van der Waals surface area contributed by atoms with Crippen LogP contribution in [0.2, 0.25) is 10.0 Å². The molecule has 2 rings (SSSR count). The molecule has 0 spiro atoms. The molecule has 0 fully saturated rings. The third-order valence-corrected chi connectivity index (χ3v) is 5.15. The summed E-state index contributed by atoms with van der Waals surface area (Å²) < 4.78 is 0. The van der Waals surface area contributed by atoms with E-state index in [-0.39, 0.29) is 0 Å². The molecule has 5 heteroatoms. The lowest BCUT2D eigenvalue weighted by molar-refractivity contribution is 0.307. The summed E-state index contributed by atoms with van der Waals surface area (Å²) in [6.45, 7) is 14.0. The minimum absolute atomic E-state index is 0.343. The number of likely N-dealkylation sites (N-methyl/N-ethyl adjacent to an activating group) is 1. The molecule has 0 aliphatic carbocycles. The van der Waals surface area contributed by atoms with Gasteiger partial charge >= 0.3 is 0 Å². The van der Waals surface area contributed by atoms with Crippen molar-refractivity contribution < 1.29 is 0 Å². The molecule has 1 aromatic rings. The molecule has 0 radical (unpaired) electrons. The highest BCUT2D eigenvalue weighted by Crippen LogP contribution is 2.43. The normalized spacial score (nSPS) is 17.8. The molecule has 0 N–H and O–H groups in total. The van der Waals surface area contributed by atoms with Crippen LogP contribution in [0.25, 0.3) is 0 Å². The van der Waals surface area contributed by atoms with Crippen LogP contribution in [-0.2, 0) is 0 Å². The van der Waals surface area contributed by atoms with Gasteiger partial charge in [0.1, 0.15) is 0 Å². The van der Waals surface area contributed by atoms with Crippen molar-refractivity contribution in [1.82, 2.24) is 4.90 Å². The summed E-state index contributed by atoms with van der Waals surface area (Å²) >= 11 is 12.4. The fraction of sp³-hybridized carbons (Fsp3) is 0.625. The van der Waals surface area contributed by atoms with Gasteiger partial charge in [0.2, 0.25) is 0 Å². The molecule has 1 heterocycles. The lowest BCUT2D eigenvalue weighted by Gasteiger charge is -2.31. The Morgan fingerprint density at radius 1 is 1.00 bits per heavy atom. The van der Waals surface area contributed by atoms with Gasteiger partial charge in [0.25, 0.3) is 0 Å². The first-order chi connectivity index (χ1) is 10.0. The van der Waals surface area contributed by atoms with Crippen LogP contribution in [0.4, 0.5) is 11.4 Å². The Hall–Kier alpha value is -0.640. The van der Waals surface area contributed by atoms with Gasteiger partial charge in [-0.2, -0.15) is 0 Å². The van der Waals surface area contributed by atoms with E-state index in [4.69, 9.17) is 23.2 Å². The summed E-state index contributed by atoms with van der Waals surface area (Å²) in [6, 6.07) is 4.00. The lowest BCUT2D eigenvalue weighted by atomic mass is 10.2. The number of nitrogens with zero attached hydrogens (tertiary/aromatic N) is 3. The van der Waals surface area contributed by atoms with Crippen LogP contribution in [-0.4, -0.2) is 43.8 Å². The van der Waals surface area contributed by atoms with Crippen LogP contribution >= 0.6 is 23.2 Å². The van der Waals surface area contributed by atoms with Crippen molar-refractivity contribution in [2.24, 2.45) is 0 Å². The van der Waals surface area contributed by atoms with Crippen molar-refractivity contribution >= 4 is 34.6 Å². The minimum Gasteiger partial charge on any atom is -0.350 e. The SMILES string of the molecule is CCN(CC)CCN1c2cc(Cl)c(Cl)cc2N(CC)C1C. The molecule has 1 aliphatic rings. The van der Waals surface area contributed by atoms with Gasteiger partial charge in [0.05, 0.1) is 27.6 Å². The largest absolute Gasteiger partial charge is 0.350 e. The first-order valence-electron chi connectivity index (χ1n) is 7.78.